The van der Waals surface area contributed by atoms with Gasteiger partial charge in [0.15, 0.2) is 29.1 Å². The van der Waals surface area contributed by atoms with Crippen LogP contribution in [-0.4, -0.2) is 26.8 Å². The number of nitrogens with one attached hydrogen (secondary N) is 1. The van der Waals surface area contributed by atoms with E-state index < -0.39 is 11.6 Å². The van der Waals surface area contributed by atoms with Crippen molar-refractivity contribution in [2.75, 3.05) is 12.4 Å². The number of nitrogens with zero attached hydrogens (tertiary/aromatic N) is 4. The summed E-state index contributed by atoms with van der Waals surface area (Å²) in [5.41, 5.74) is 0. The Morgan fingerprint density at radius 3 is 2.47 bits per heavy atom. The number of halogens is 2. The predicted octanol–water partition coefficient (Wildman–Crippen LogP) is 2.11. The lowest BCUT2D eigenvalue weighted by Gasteiger charge is -2.08. The van der Waals surface area contributed by atoms with Crippen molar-refractivity contribution in [1.82, 2.24) is 19.7 Å². The number of rotatable bonds is 4. The van der Waals surface area contributed by atoms with Gasteiger partial charge in [-0.1, -0.05) is 13.8 Å². The second kappa shape index (κ2) is 5.29. The molecule has 0 aliphatic rings. The van der Waals surface area contributed by atoms with Gasteiger partial charge in [-0.2, -0.15) is 4.68 Å². The van der Waals surface area contributed by atoms with E-state index in [1.54, 1.807) is 0 Å². The first-order valence-corrected chi connectivity index (χ1v) is 6.09. The van der Waals surface area contributed by atoms with Crippen LogP contribution in [0.4, 0.5) is 14.6 Å². The van der Waals surface area contributed by atoms with Crippen LogP contribution < -0.4 is 5.32 Å². The third kappa shape index (κ3) is 2.40. The van der Waals surface area contributed by atoms with Gasteiger partial charge < -0.3 is 5.32 Å². The van der Waals surface area contributed by atoms with E-state index in [0.717, 1.165) is 6.07 Å². The molecule has 102 valence electrons. The smallest absolute Gasteiger partial charge is 0.193 e. The molecule has 0 fully saturated rings. The normalized spacial score (nSPS) is 10.8. The van der Waals surface area contributed by atoms with Crippen LogP contribution in [0, 0.1) is 11.6 Å². The van der Waals surface area contributed by atoms with Crippen LogP contribution in [0.1, 0.15) is 25.5 Å². The Hall–Kier alpha value is -2.05. The molecule has 0 saturated carbocycles. The highest BCUT2D eigenvalue weighted by molar-refractivity contribution is 5.41. The van der Waals surface area contributed by atoms with E-state index >= 15 is 0 Å². The lowest BCUT2D eigenvalue weighted by Crippen LogP contribution is -2.10. The highest BCUT2D eigenvalue weighted by atomic mass is 19.1. The molecule has 0 aromatic carbocycles. The SMILES string of the molecule is CCc1nc(CC)n(-c2nc(NC)c(F)cc2F)n1. The van der Waals surface area contributed by atoms with Crippen molar-refractivity contribution in [2.45, 2.75) is 26.7 Å². The first-order valence-electron chi connectivity index (χ1n) is 6.09. The number of anilines is 1. The van der Waals surface area contributed by atoms with E-state index in [4.69, 9.17) is 0 Å². The van der Waals surface area contributed by atoms with Crippen LogP contribution in [0.2, 0.25) is 0 Å². The molecule has 2 aromatic heterocycles. The summed E-state index contributed by atoms with van der Waals surface area (Å²) in [6, 6.07) is 0.793. The molecule has 0 bridgehead atoms. The van der Waals surface area contributed by atoms with Crippen LogP contribution in [0.3, 0.4) is 0 Å². The summed E-state index contributed by atoms with van der Waals surface area (Å²) in [4.78, 5) is 8.19. The van der Waals surface area contributed by atoms with Crippen LogP contribution in [-0.2, 0) is 12.8 Å². The Labute approximate surface area is 109 Å². The maximum atomic E-state index is 13.9. The molecule has 0 amide bonds. The fraction of sp³-hybridized carbons (Fsp3) is 0.417. The van der Waals surface area contributed by atoms with Gasteiger partial charge in [0.1, 0.15) is 5.82 Å². The maximum Gasteiger partial charge on any atom is 0.193 e. The van der Waals surface area contributed by atoms with Gasteiger partial charge in [-0.05, 0) is 0 Å². The average molecular weight is 267 g/mol. The van der Waals surface area contributed by atoms with E-state index in [9.17, 15) is 8.78 Å². The predicted molar refractivity (Wildman–Crippen MR) is 67.4 cm³/mol. The molecule has 19 heavy (non-hydrogen) atoms. The highest BCUT2D eigenvalue weighted by Gasteiger charge is 2.17. The van der Waals surface area contributed by atoms with E-state index in [2.05, 4.69) is 20.4 Å². The van der Waals surface area contributed by atoms with Crippen LogP contribution >= 0.6 is 0 Å². The molecule has 7 heteroatoms. The Bertz CT molecular complexity index is 594. The van der Waals surface area contributed by atoms with Crippen LogP contribution in [0.15, 0.2) is 6.07 Å². The molecule has 0 spiro atoms. The van der Waals surface area contributed by atoms with Gasteiger partial charge in [0.2, 0.25) is 0 Å². The molecule has 1 N–H and O–H groups in total. The van der Waals surface area contributed by atoms with Crippen molar-refractivity contribution in [1.29, 1.82) is 0 Å². The Balaban J connectivity index is 2.60. The van der Waals surface area contributed by atoms with Crippen molar-refractivity contribution >= 4 is 5.82 Å². The van der Waals surface area contributed by atoms with Crippen LogP contribution in [0.25, 0.3) is 5.82 Å². The first kappa shape index (κ1) is 13.4. The van der Waals surface area contributed by atoms with Crippen molar-refractivity contribution in [2.24, 2.45) is 0 Å². The quantitative estimate of drug-likeness (QED) is 0.921. The Morgan fingerprint density at radius 2 is 1.89 bits per heavy atom. The van der Waals surface area contributed by atoms with E-state index in [0.29, 0.717) is 24.5 Å². The topological polar surface area (TPSA) is 55.6 Å². The molecule has 0 aliphatic carbocycles. The Kier molecular flexibility index (Phi) is 3.73. The summed E-state index contributed by atoms with van der Waals surface area (Å²) in [7, 11) is 1.52. The van der Waals surface area contributed by atoms with Crippen molar-refractivity contribution < 1.29 is 8.78 Å². The van der Waals surface area contributed by atoms with Gasteiger partial charge in [-0.15, -0.1) is 5.10 Å². The Morgan fingerprint density at radius 1 is 1.16 bits per heavy atom. The van der Waals surface area contributed by atoms with Crippen LogP contribution in [0.5, 0.6) is 0 Å². The zero-order valence-corrected chi connectivity index (χ0v) is 11.0. The molecule has 0 atom stereocenters. The molecule has 2 aromatic rings. The monoisotopic (exact) mass is 267 g/mol. The molecular weight excluding hydrogens is 252 g/mol. The fourth-order valence-electron chi connectivity index (χ4n) is 1.72. The van der Waals surface area contributed by atoms with Crippen molar-refractivity contribution in [3.05, 3.63) is 29.3 Å². The third-order valence-electron chi connectivity index (χ3n) is 2.70. The molecule has 0 aliphatic heterocycles. The van der Waals surface area contributed by atoms with Gasteiger partial charge >= 0.3 is 0 Å². The first-order chi connectivity index (χ1) is 9.10. The van der Waals surface area contributed by atoms with Crippen molar-refractivity contribution in [3.8, 4) is 5.82 Å². The maximum absolute atomic E-state index is 13.9. The lowest BCUT2D eigenvalue weighted by atomic mass is 10.4. The fourth-order valence-corrected chi connectivity index (χ4v) is 1.72. The summed E-state index contributed by atoms with van der Waals surface area (Å²) in [6.45, 7) is 3.80. The number of hydrogen-bond donors (Lipinski definition) is 1. The second-order valence-corrected chi connectivity index (χ2v) is 3.94. The lowest BCUT2D eigenvalue weighted by molar-refractivity contribution is 0.560. The van der Waals surface area contributed by atoms with Gasteiger partial charge in [0.25, 0.3) is 0 Å². The highest BCUT2D eigenvalue weighted by Crippen LogP contribution is 2.19. The summed E-state index contributed by atoms with van der Waals surface area (Å²) in [6.07, 6.45) is 1.22. The van der Waals surface area contributed by atoms with E-state index in [1.165, 1.54) is 11.7 Å². The number of aromatic nitrogens is 4. The molecule has 5 nitrogen and oxygen atoms in total. The molecule has 0 unspecified atom stereocenters. The molecule has 0 radical (unpaired) electrons. The van der Waals surface area contributed by atoms with E-state index in [-0.39, 0.29) is 11.6 Å². The van der Waals surface area contributed by atoms with Crippen molar-refractivity contribution in [3.63, 3.8) is 0 Å². The number of pyridine rings is 1. The summed E-state index contributed by atoms with van der Waals surface area (Å²) in [5.74, 6) is -0.372. The minimum atomic E-state index is -0.765. The molecule has 0 saturated heterocycles. The molecule has 2 heterocycles. The average Bonchev–Trinajstić information content (AvgIpc) is 2.82. The minimum absolute atomic E-state index is 0.0213. The molecule has 2 rings (SSSR count). The number of hydrogen-bond acceptors (Lipinski definition) is 4. The summed E-state index contributed by atoms with van der Waals surface area (Å²) in [5, 5.41) is 6.77. The van der Waals surface area contributed by atoms with E-state index in [1.807, 2.05) is 13.8 Å². The zero-order valence-electron chi connectivity index (χ0n) is 11.0. The summed E-state index contributed by atoms with van der Waals surface area (Å²) >= 11 is 0. The van der Waals surface area contributed by atoms with Gasteiger partial charge in [-0.3, -0.25) is 0 Å². The largest absolute Gasteiger partial charge is 0.371 e. The number of aryl methyl sites for hydroxylation is 2. The second-order valence-electron chi connectivity index (χ2n) is 3.94. The minimum Gasteiger partial charge on any atom is -0.371 e. The van der Waals surface area contributed by atoms with Gasteiger partial charge in [-0.25, -0.2) is 18.7 Å². The van der Waals surface area contributed by atoms with Gasteiger partial charge in [0.05, 0.1) is 0 Å². The van der Waals surface area contributed by atoms with Gasteiger partial charge in [0, 0.05) is 26.0 Å². The summed E-state index contributed by atoms with van der Waals surface area (Å²) < 4.78 is 28.6. The standard InChI is InChI=1S/C12H15F2N5/c1-4-9-16-10(5-2)19(18-9)12-8(14)6-7(13)11(15-3)17-12/h6H,4-5H2,1-3H3,(H,15,17). The molecular formula is C12H15F2N5. The zero-order chi connectivity index (χ0) is 14.0. The third-order valence-corrected chi connectivity index (χ3v) is 2.70.